The Morgan fingerprint density at radius 1 is 0.939 bits per heavy atom. The predicted molar refractivity (Wildman–Crippen MR) is 139 cm³/mol. The molecular weight excluding hydrogens is 464 g/mol. The van der Waals surface area contributed by atoms with Crippen LogP contribution in [-0.2, 0) is 28.5 Å². The van der Waals surface area contributed by atoms with Crippen molar-refractivity contribution in [2.24, 2.45) is 5.92 Å². The fraction of sp³-hybridized carbons (Fsp3) is 0.870. The normalized spacial score (nSPS) is 13.6. The molecule has 0 bridgehead atoms. The number of carbonyl (C=O) groups excluding carboxylic acids is 1. The molecular formula is C23H46N2O6S2. The summed E-state index contributed by atoms with van der Waals surface area (Å²) in [5.74, 6) is 0.486. The van der Waals surface area contributed by atoms with Gasteiger partial charge in [0.25, 0.3) is 0 Å². The Morgan fingerprint density at radius 3 is 2.18 bits per heavy atom. The van der Waals surface area contributed by atoms with Crippen molar-refractivity contribution in [3.8, 4) is 0 Å². The first kappa shape index (κ1) is 32.7. The summed E-state index contributed by atoms with van der Waals surface area (Å²) >= 11 is 0. The Hall–Kier alpha value is -0.330. The van der Waals surface area contributed by atoms with Crippen molar-refractivity contribution < 1.29 is 28.5 Å². The standard InChI is InChI=1S/C23H46N2O6S2/c1-21(2)7-6-10-25-22(26)8-12-27-15-18-30-19-20-31-23(3,33-32-5)9-13-28-16-17-29-14-11-24-4/h6-7,21,24H,8-20H2,1-5H3,(H,25,26)/b7-6+. The molecule has 8 nitrogen and oxygen atoms in total. The van der Waals surface area contributed by atoms with E-state index in [9.17, 15) is 4.79 Å². The van der Waals surface area contributed by atoms with E-state index in [1.807, 2.05) is 19.4 Å². The average molecular weight is 511 g/mol. The molecule has 0 aromatic carbocycles. The number of ether oxygens (including phenoxy) is 5. The molecule has 0 aliphatic heterocycles. The summed E-state index contributed by atoms with van der Waals surface area (Å²) in [5.41, 5.74) is 0. The summed E-state index contributed by atoms with van der Waals surface area (Å²) in [6, 6.07) is 0. The van der Waals surface area contributed by atoms with Crippen LogP contribution < -0.4 is 10.6 Å². The monoisotopic (exact) mass is 510 g/mol. The summed E-state index contributed by atoms with van der Waals surface area (Å²) < 4.78 is 28.2. The van der Waals surface area contributed by atoms with Crippen molar-refractivity contribution in [3.63, 3.8) is 0 Å². The zero-order valence-corrected chi connectivity index (χ0v) is 22.8. The molecule has 0 fully saturated rings. The van der Waals surface area contributed by atoms with Gasteiger partial charge < -0.3 is 34.3 Å². The molecule has 0 aromatic rings. The topological polar surface area (TPSA) is 87.3 Å². The lowest BCUT2D eigenvalue weighted by atomic mass is 10.2. The second-order valence-corrected chi connectivity index (χ2v) is 10.6. The maximum atomic E-state index is 11.7. The number of likely N-dealkylation sites (N-methyl/N-ethyl adjacent to an activating group) is 1. The van der Waals surface area contributed by atoms with Gasteiger partial charge in [-0.1, -0.05) is 47.6 Å². The highest BCUT2D eigenvalue weighted by Gasteiger charge is 2.25. The van der Waals surface area contributed by atoms with Crippen molar-refractivity contribution in [3.05, 3.63) is 12.2 Å². The fourth-order valence-electron chi connectivity index (χ4n) is 2.47. The van der Waals surface area contributed by atoms with Crippen molar-refractivity contribution in [2.45, 2.75) is 38.5 Å². The van der Waals surface area contributed by atoms with Crippen LogP contribution >= 0.6 is 21.6 Å². The number of amides is 1. The van der Waals surface area contributed by atoms with E-state index in [4.69, 9.17) is 23.7 Å². The summed E-state index contributed by atoms with van der Waals surface area (Å²) in [6.07, 6.45) is 7.22. The largest absolute Gasteiger partial charge is 0.379 e. The van der Waals surface area contributed by atoms with E-state index in [-0.39, 0.29) is 10.8 Å². The number of hydrogen-bond acceptors (Lipinski definition) is 9. The van der Waals surface area contributed by atoms with Crippen LogP contribution in [0, 0.1) is 5.92 Å². The lowest BCUT2D eigenvalue weighted by molar-refractivity contribution is -0.122. The Labute approximate surface area is 209 Å². The Morgan fingerprint density at radius 2 is 1.55 bits per heavy atom. The summed E-state index contributed by atoms with van der Waals surface area (Å²) in [7, 11) is 5.28. The SMILES string of the molecule is CNCCOCCOCCC(C)(OCCOCCOCCC(=O)NC/C=C/C(C)C)SSC. The van der Waals surface area contributed by atoms with E-state index < -0.39 is 0 Å². The first-order chi connectivity index (χ1) is 15.9. The molecule has 0 aliphatic carbocycles. The first-order valence-electron chi connectivity index (χ1n) is 11.7. The molecule has 33 heavy (non-hydrogen) atoms. The number of allylic oxidation sites excluding steroid dienone is 1. The van der Waals surface area contributed by atoms with Crippen LogP contribution in [0.2, 0.25) is 0 Å². The van der Waals surface area contributed by atoms with Crippen LogP contribution in [0.15, 0.2) is 12.2 Å². The van der Waals surface area contributed by atoms with Gasteiger partial charge in [0.1, 0.15) is 4.93 Å². The Balaban J connectivity index is 3.68. The summed E-state index contributed by atoms with van der Waals surface area (Å²) in [4.78, 5) is 11.4. The van der Waals surface area contributed by atoms with Crippen LogP contribution in [0.3, 0.4) is 0 Å². The zero-order valence-electron chi connectivity index (χ0n) is 21.2. The van der Waals surface area contributed by atoms with Crippen molar-refractivity contribution in [2.75, 3.05) is 85.9 Å². The smallest absolute Gasteiger partial charge is 0.222 e. The zero-order chi connectivity index (χ0) is 24.6. The third-order valence-electron chi connectivity index (χ3n) is 4.25. The van der Waals surface area contributed by atoms with E-state index in [0.29, 0.717) is 78.3 Å². The van der Waals surface area contributed by atoms with Gasteiger partial charge in [-0.2, -0.15) is 0 Å². The van der Waals surface area contributed by atoms with Crippen LogP contribution in [0.1, 0.15) is 33.6 Å². The predicted octanol–water partition coefficient (Wildman–Crippen LogP) is 3.12. The summed E-state index contributed by atoms with van der Waals surface area (Å²) in [6.45, 7) is 12.5. The van der Waals surface area contributed by atoms with E-state index in [2.05, 4.69) is 37.5 Å². The highest BCUT2D eigenvalue weighted by Crippen LogP contribution is 2.37. The van der Waals surface area contributed by atoms with E-state index in [1.54, 1.807) is 21.6 Å². The molecule has 0 heterocycles. The molecule has 0 saturated heterocycles. The van der Waals surface area contributed by atoms with Crippen LogP contribution in [0.5, 0.6) is 0 Å². The van der Waals surface area contributed by atoms with Crippen LogP contribution in [-0.4, -0.2) is 96.7 Å². The molecule has 1 amide bonds. The van der Waals surface area contributed by atoms with Crippen LogP contribution in [0.4, 0.5) is 0 Å². The second-order valence-electron chi connectivity index (χ2n) is 7.76. The van der Waals surface area contributed by atoms with Crippen molar-refractivity contribution >= 4 is 27.5 Å². The minimum absolute atomic E-state index is 0.00592. The van der Waals surface area contributed by atoms with Gasteiger partial charge in [-0.3, -0.25) is 4.79 Å². The van der Waals surface area contributed by atoms with Gasteiger partial charge in [-0.05, 0) is 26.1 Å². The van der Waals surface area contributed by atoms with Gasteiger partial charge in [-0.15, -0.1) is 0 Å². The summed E-state index contributed by atoms with van der Waals surface area (Å²) in [5, 5.41) is 5.88. The van der Waals surface area contributed by atoms with Gasteiger partial charge in [0.05, 0.1) is 59.5 Å². The maximum Gasteiger partial charge on any atom is 0.222 e. The lowest BCUT2D eigenvalue weighted by Crippen LogP contribution is -2.28. The molecule has 0 aromatic heterocycles. The molecule has 0 saturated carbocycles. The third kappa shape index (κ3) is 23.2. The molecule has 0 aliphatic rings. The third-order valence-corrected chi connectivity index (χ3v) is 6.65. The number of rotatable bonds is 24. The van der Waals surface area contributed by atoms with Gasteiger partial charge in [0.2, 0.25) is 5.91 Å². The van der Waals surface area contributed by atoms with Crippen molar-refractivity contribution in [1.82, 2.24) is 10.6 Å². The molecule has 196 valence electrons. The molecule has 10 heteroatoms. The Bertz CT molecular complexity index is 486. The minimum Gasteiger partial charge on any atom is -0.379 e. The first-order valence-corrected chi connectivity index (χ1v) is 14.2. The molecule has 1 atom stereocenters. The highest BCUT2D eigenvalue weighted by molar-refractivity contribution is 8.76. The molecule has 0 radical (unpaired) electrons. The lowest BCUT2D eigenvalue weighted by Gasteiger charge is -2.28. The van der Waals surface area contributed by atoms with Gasteiger partial charge in [0.15, 0.2) is 0 Å². The highest BCUT2D eigenvalue weighted by atomic mass is 33.1. The van der Waals surface area contributed by atoms with E-state index in [0.717, 1.165) is 13.0 Å². The number of hydrogen-bond donors (Lipinski definition) is 2. The molecule has 0 rings (SSSR count). The molecule has 2 N–H and O–H groups in total. The van der Waals surface area contributed by atoms with Gasteiger partial charge in [-0.25, -0.2) is 0 Å². The van der Waals surface area contributed by atoms with Crippen molar-refractivity contribution in [1.29, 1.82) is 0 Å². The average Bonchev–Trinajstić information content (AvgIpc) is 2.77. The van der Waals surface area contributed by atoms with Crippen LogP contribution in [0.25, 0.3) is 0 Å². The second kappa shape index (κ2) is 23.4. The Kier molecular flexibility index (Phi) is 23.2. The molecule has 1 unspecified atom stereocenters. The maximum absolute atomic E-state index is 11.7. The number of carbonyl (C=O) groups is 1. The molecule has 0 spiro atoms. The quantitative estimate of drug-likeness (QED) is 0.0880. The van der Waals surface area contributed by atoms with Gasteiger partial charge >= 0.3 is 0 Å². The minimum atomic E-state index is -0.329. The van der Waals surface area contributed by atoms with Gasteiger partial charge in [0, 0.05) is 25.9 Å². The van der Waals surface area contributed by atoms with E-state index >= 15 is 0 Å². The number of nitrogens with one attached hydrogen (secondary N) is 2. The van der Waals surface area contributed by atoms with E-state index in [1.165, 1.54) is 0 Å². The fourth-order valence-corrected chi connectivity index (χ4v) is 4.58.